The first kappa shape index (κ1) is 14.6. The molecule has 2 rings (SSSR count). The third-order valence-corrected chi connectivity index (χ3v) is 4.88. The average Bonchev–Trinajstić information content (AvgIpc) is 2.35. The van der Waals surface area contributed by atoms with Crippen LogP contribution in [0.1, 0.15) is 51.4 Å². The zero-order chi connectivity index (χ0) is 14.1. The molecule has 2 fully saturated rings. The lowest BCUT2D eigenvalue weighted by atomic mass is 9.62. The van der Waals surface area contributed by atoms with Gasteiger partial charge in [0.15, 0.2) is 0 Å². The van der Waals surface area contributed by atoms with Crippen LogP contribution < -0.4 is 16.8 Å². The second kappa shape index (κ2) is 5.26. The van der Waals surface area contributed by atoms with Gasteiger partial charge in [0.2, 0.25) is 0 Å². The van der Waals surface area contributed by atoms with Crippen molar-refractivity contribution in [1.29, 1.82) is 0 Å². The molecular weight excluding hydrogens is 246 g/mol. The van der Waals surface area contributed by atoms with E-state index in [4.69, 9.17) is 11.5 Å². The molecule has 0 bridgehead atoms. The molecule has 0 saturated heterocycles. The summed E-state index contributed by atoms with van der Waals surface area (Å²) in [5.41, 5.74) is 8.54. The van der Waals surface area contributed by atoms with Crippen LogP contribution in [0.5, 0.6) is 0 Å². The summed E-state index contributed by atoms with van der Waals surface area (Å²) in [7, 11) is 0. The topological polar surface area (TPSA) is 122 Å². The number of nitrogens with one attached hydrogen (secondary N) is 1. The van der Waals surface area contributed by atoms with E-state index in [0.717, 1.165) is 25.7 Å². The summed E-state index contributed by atoms with van der Waals surface area (Å²) >= 11 is 0. The molecule has 0 aromatic rings. The van der Waals surface area contributed by atoms with Crippen molar-refractivity contribution >= 4 is 6.03 Å². The molecule has 7 N–H and O–H groups in total. The number of hydrogen-bond donors (Lipinski definition) is 5. The molecule has 2 aliphatic carbocycles. The third kappa shape index (κ3) is 2.44. The van der Waals surface area contributed by atoms with Crippen LogP contribution in [0.2, 0.25) is 0 Å². The van der Waals surface area contributed by atoms with Gasteiger partial charge in [-0.2, -0.15) is 0 Å². The molecule has 2 saturated carbocycles. The smallest absolute Gasteiger partial charge is 0.312 e. The number of primary amides is 1. The van der Waals surface area contributed by atoms with E-state index in [1.54, 1.807) is 0 Å². The van der Waals surface area contributed by atoms with Crippen LogP contribution in [-0.4, -0.2) is 39.5 Å². The molecule has 2 amide bonds. The first-order chi connectivity index (χ1) is 8.90. The molecule has 6 nitrogen and oxygen atoms in total. The van der Waals surface area contributed by atoms with E-state index < -0.39 is 29.3 Å². The van der Waals surface area contributed by atoms with Gasteiger partial charge in [0.05, 0.1) is 6.04 Å². The summed E-state index contributed by atoms with van der Waals surface area (Å²) in [5.74, 6) is 0. The predicted octanol–water partition coefficient (Wildman–Crippen LogP) is -0.0392. The van der Waals surface area contributed by atoms with Crippen LogP contribution in [0.25, 0.3) is 0 Å². The minimum absolute atomic E-state index is 0.447. The molecule has 2 aliphatic rings. The molecule has 0 spiro atoms. The maximum absolute atomic E-state index is 11.1. The lowest BCUT2D eigenvalue weighted by Crippen LogP contribution is -2.73. The highest BCUT2D eigenvalue weighted by Crippen LogP contribution is 2.44. The van der Waals surface area contributed by atoms with E-state index in [-0.39, 0.29) is 0 Å². The van der Waals surface area contributed by atoms with Gasteiger partial charge in [0, 0.05) is 6.04 Å². The fourth-order valence-corrected chi connectivity index (χ4v) is 3.76. The number of carbonyl (C=O) groups excluding carboxylic acids is 1. The second-order valence-electron chi connectivity index (χ2n) is 6.01. The number of carbonyl (C=O) groups is 1. The minimum atomic E-state index is -1.37. The molecule has 6 heteroatoms. The Morgan fingerprint density at radius 3 is 2.21 bits per heavy atom. The van der Waals surface area contributed by atoms with Crippen molar-refractivity contribution in [2.24, 2.45) is 11.5 Å². The van der Waals surface area contributed by atoms with Gasteiger partial charge < -0.3 is 27.0 Å². The highest BCUT2D eigenvalue weighted by Gasteiger charge is 2.58. The summed E-state index contributed by atoms with van der Waals surface area (Å²) < 4.78 is 0. The molecule has 0 aromatic carbocycles. The monoisotopic (exact) mass is 271 g/mol. The lowest BCUT2D eigenvalue weighted by Gasteiger charge is -2.54. The van der Waals surface area contributed by atoms with Crippen molar-refractivity contribution in [2.75, 3.05) is 0 Å². The molecule has 4 atom stereocenters. The normalized spacial score (nSPS) is 43.7. The largest absolute Gasteiger partial charge is 0.385 e. The number of nitrogens with two attached hydrogens (primary N) is 2. The second-order valence-corrected chi connectivity index (χ2v) is 6.01. The number of amides is 2. The van der Waals surface area contributed by atoms with Crippen LogP contribution in [0.4, 0.5) is 4.79 Å². The minimum Gasteiger partial charge on any atom is -0.385 e. The molecule has 110 valence electrons. The Morgan fingerprint density at radius 2 is 1.63 bits per heavy atom. The van der Waals surface area contributed by atoms with Crippen molar-refractivity contribution in [2.45, 2.75) is 74.7 Å². The summed E-state index contributed by atoms with van der Waals surface area (Å²) in [4.78, 5) is 11.1. The molecule has 19 heavy (non-hydrogen) atoms. The Morgan fingerprint density at radius 1 is 1.05 bits per heavy atom. The Bertz CT molecular complexity index is 352. The molecular formula is C13H25N3O3. The van der Waals surface area contributed by atoms with Crippen molar-refractivity contribution in [3.63, 3.8) is 0 Å². The number of rotatable bonds is 2. The van der Waals surface area contributed by atoms with Gasteiger partial charge in [-0.15, -0.1) is 0 Å². The van der Waals surface area contributed by atoms with Gasteiger partial charge in [-0.05, 0) is 25.7 Å². The fraction of sp³-hybridized carbons (Fsp3) is 0.923. The van der Waals surface area contributed by atoms with E-state index in [9.17, 15) is 15.0 Å². The fourth-order valence-electron chi connectivity index (χ4n) is 3.76. The highest BCUT2D eigenvalue weighted by atomic mass is 16.4. The summed E-state index contributed by atoms with van der Waals surface area (Å²) in [6.45, 7) is 0. The van der Waals surface area contributed by atoms with Crippen LogP contribution in [0, 0.1) is 0 Å². The van der Waals surface area contributed by atoms with Crippen LogP contribution in [0.3, 0.4) is 0 Å². The quantitative estimate of drug-likeness (QED) is 0.483. The summed E-state index contributed by atoms with van der Waals surface area (Å²) in [6, 6.07) is -1.65. The van der Waals surface area contributed by atoms with Gasteiger partial charge in [-0.1, -0.05) is 25.7 Å². The van der Waals surface area contributed by atoms with E-state index in [1.807, 2.05) is 0 Å². The maximum atomic E-state index is 11.1. The van der Waals surface area contributed by atoms with E-state index in [0.29, 0.717) is 25.7 Å². The first-order valence-electron chi connectivity index (χ1n) is 7.16. The standard InChI is InChI=1S/C13H25N3O3/c14-9-5-1-3-7-12(9,18)13(19)8-4-2-6-10(13)16-11(15)17/h9-10,18-19H,1-8,14H2,(H3,15,16,17). The SMILES string of the molecule is NC(=O)NC1CCCCC1(O)C1(O)CCCCC1N. The van der Waals surface area contributed by atoms with E-state index >= 15 is 0 Å². The number of urea groups is 1. The Balaban J connectivity index is 2.27. The van der Waals surface area contributed by atoms with Crippen LogP contribution in [0.15, 0.2) is 0 Å². The van der Waals surface area contributed by atoms with Gasteiger partial charge in [0.1, 0.15) is 11.2 Å². The lowest BCUT2D eigenvalue weighted by molar-refractivity contribution is -0.201. The van der Waals surface area contributed by atoms with Gasteiger partial charge in [-0.25, -0.2) is 4.79 Å². The Labute approximate surface area is 113 Å². The number of aliphatic hydroxyl groups is 2. The number of hydrogen-bond acceptors (Lipinski definition) is 4. The van der Waals surface area contributed by atoms with Crippen molar-refractivity contribution in [3.05, 3.63) is 0 Å². The summed E-state index contributed by atoms with van der Waals surface area (Å²) in [5, 5.41) is 24.6. The Kier molecular flexibility index (Phi) is 4.03. The van der Waals surface area contributed by atoms with Crippen molar-refractivity contribution < 1.29 is 15.0 Å². The van der Waals surface area contributed by atoms with Gasteiger partial charge in [0.25, 0.3) is 0 Å². The predicted molar refractivity (Wildman–Crippen MR) is 71.3 cm³/mol. The first-order valence-corrected chi connectivity index (χ1v) is 7.16. The average molecular weight is 271 g/mol. The van der Waals surface area contributed by atoms with Crippen LogP contribution >= 0.6 is 0 Å². The molecule has 0 aliphatic heterocycles. The molecule has 0 radical (unpaired) electrons. The van der Waals surface area contributed by atoms with Crippen molar-refractivity contribution in [3.8, 4) is 0 Å². The van der Waals surface area contributed by atoms with E-state index in [1.165, 1.54) is 0 Å². The maximum Gasteiger partial charge on any atom is 0.312 e. The molecule has 0 aromatic heterocycles. The summed E-state index contributed by atoms with van der Waals surface area (Å²) in [6.07, 6.45) is 5.77. The third-order valence-electron chi connectivity index (χ3n) is 4.88. The highest BCUT2D eigenvalue weighted by molar-refractivity contribution is 5.72. The van der Waals surface area contributed by atoms with Gasteiger partial charge >= 0.3 is 6.03 Å². The molecule has 0 heterocycles. The zero-order valence-electron chi connectivity index (χ0n) is 11.3. The molecule has 4 unspecified atom stereocenters. The Hall–Kier alpha value is -0.850. The zero-order valence-corrected chi connectivity index (χ0v) is 11.3. The van der Waals surface area contributed by atoms with Crippen LogP contribution in [-0.2, 0) is 0 Å². The van der Waals surface area contributed by atoms with E-state index in [2.05, 4.69) is 5.32 Å². The van der Waals surface area contributed by atoms with Gasteiger partial charge in [-0.3, -0.25) is 0 Å². The van der Waals surface area contributed by atoms with Crippen molar-refractivity contribution in [1.82, 2.24) is 5.32 Å².